The predicted octanol–water partition coefficient (Wildman–Crippen LogP) is 1.16. The van der Waals surface area contributed by atoms with E-state index in [0.717, 1.165) is 17.8 Å². The highest BCUT2D eigenvalue weighted by Crippen LogP contribution is 2.21. The highest BCUT2D eigenvalue weighted by Gasteiger charge is 2.18. The molecule has 0 fully saturated rings. The van der Waals surface area contributed by atoms with Gasteiger partial charge in [-0.1, -0.05) is 0 Å². The van der Waals surface area contributed by atoms with Crippen molar-refractivity contribution >= 4 is 15.5 Å². The molecule has 7 heteroatoms. The largest absolute Gasteiger partial charge is 0.398 e. The monoisotopic (exact) mass is 283 g/mol. The standard InChI is InChI=1S/C12H14FN3O2S/c1-16-10(4-6-15-16)5-7-19(17,18)12-3-2-9(13)8-11(12)14/h2-4,6,8H,5,7,14H2,1H3. The number of nitrogens with zero attached hydrogens (tertiary/aromatic N) is 2. The van der Waals surface area contributed by atoms with Crippen LogP contribution in [0.1, 0.15) is 5.69 Å². The van der Waals surface area contributed by atoms with Gasteiger partial charge in [0.25, 0.3) is 0 Å². The molecule has 19 heavy (non-hydrogen) atoms. The number of aryl methyl sites for hydroxylation is 2. The number of anilines is 1. The molecule has 102 valence electrons. The maximum atomic E-state index is 12.9. The zero-order chi connectivity index (χ0) is 14.0. The molecule has 2 aromatic rings. The summed E-state index contributed by atoms with van der Waals surface area (Å²) in [6, 6.07) is 5.05. The van der Waals surface area contributed by atoms with Crippen LogP contribution >= 0.6 is 0 Å². The topological polar surface area (TPSA) is 78.0 Å². The number of nitrogen functional groups attached to an aromatic ring is 1. The third-order valence-corrected chi connectivity index (χ3v) is 4.64. The van der Waals surface area contributed by atoms with Crippen LogP contribution in [0.15, 0.2) is 35.4 Å². The third-order valence-electron chi connectivity index (χ3n) is 2.86. The number of rotatable bonds is 4. The lowest BCUT2D eigenvalue weighted by Crippen LogP contribution is -2.13. The highest BCUT2D eigenvalue weighted by atomic mass is 32.2. The molecule has 5 nitrogen and oxygen atoms in total. The molecule has 1 aromatic heterocycles. The summed E-state index contributed by atoms with van der Waals surface area (Å²) in [6.45, 7) is 0. The van der Waals surface area contributed by atoms with Gasteiger partial charge >= 0.3 is 0 Å². The fourth-order valence-corrected chi connectivity index (χ4v) is 3.19. The second kappa shape index (κ2) is 5.00. The van der Waals surface area contributed by atoms with Gasteiger partial charge in [-0.25, -0.2) is 12.8 Å². The second-order valence-corrected chi connectivity index (χ2v) is 6.27. The van der Waals surface area contributed by atoms with Crippen LogP contribution in [0, 0.1) is 5.82 Å². The Balaban J connectivity index is 2.21. The van der Waals surface area contributed by atoms with Crippen LogP contribution in [0.5, 0.6) is 0 Å². The molecule has 0 radical (unpaired) electrons. The number of hydrogen-bond acceptors (Lipinski definition) is 4. The summed E-state index contributed by atoms with van der Waals surface area (Å²) < 4.78 is 38.8. The smallest absolute Gasteiger partial charge is 0.180 e. The van der Waals surface area contributed by atoms with Crippen molar-refractivity contribution in [3.63, 3.8) is 0 Å². The Labute approximate surface area is 110 Å². The molecule has 0 saturated heterocycles. The van der Waals surface area contributed by atoms with Crippen molar-refractivity contribution < 1.29 is 12.8 Å². The van der Waals surface area contributed by atoms with E-state index in [0.29, 0.717) is 6.42 Å². The Hall–Kier alpha value is -1.89. The van der Waals surface area contributed by atoms with Gasteiger partial charge in [0, 0.05) is 25.4 Å². The molecule has 1 heterocycles. The van der Waals surface area contributed by atoms with Gasteiger partial charge in [0.1, 0.15) is 5.82 Å². The van der Waals surface area contributed by atoms with Crippen LogP contribution in [-0.4, -0.2) is 24.0 Å². The van der Waals surface area contributed by atoms with Crippen LogP contribution in [-0.2, 0) is 23.3 Å². The minimum absolute atomic E-state index is 0.0314. The lowest BCUT2D eigenvalue weighted by molar-refractivity contribution is 0.593. The first kappa shape index (κ1) is 13.5. The first-order chi connectivity index (χ1) is 8.90. The van der Waals surface area contributed by atoms with Crippen LogP contribution < -0.4 is 5.73 Å². The molecular formula is C12H14FN3O2S. The van der Waals surface area contributed by atoms with Crippen molar-refractivity contribution in [2.24, 2.45) is 7.05 Å². The maximum Gasteiger partial charge on any atom is 0.180 e. The minimum atomic E-state index is -3.53. The first-order valence-electron chi connectivity index (χ1n) is 5.65. The van der Waals surface area contributed by atoms with Gasteiger partial charge < -0.3 is 5.73 Å². The minimum Gasteiger partial charge on any atom is -0.398 e. The van der Waals surface area contributed by atoms with Gasteiger partial charge in [0.15, 0.2) is 9.84 Å². The van der Waals surface area contributed by atoms with Gasteiger partial charge in [-0.2, -0.15) is 5.10 Å². The molecule has 2 N–H and O–H groups in total. The van der Waals surface area contributed by atoms with E-state index in [4.69, 9.17) is 5.73 Å². The van der Waals surface area contributed by atoms with E-state index in [1.54, 1.807) is 24.0 Å². The van der Waals surface area contributed by atoms with Gasteiger partial charge in [0.05, 0.1) is 16.3 Å². The van der Waals surface area contributed by atoms with Gasteiger partial charge in [-0.15, -0.1) is 0 Å². The summed E-state index contributed by atoms with van der Waals surface area (Å²) in [5.41, 5.74) is 6.29. The summed E-state index contributed by atoms with van der Waals surface area (Å²) in [5, 5.41) is 3.97. The molecule has 0 atom stereocenters. The SMILES string of the molecule is Cn1nccc1CCS(=O)(=O)c1ccc(F)cc1N. The molecule has 0 saturated carbocycles. The fraction of sp³-hybridized carbons (Fsp3) is 0.250. The van der Waals surface area contributed by atoms with E-state index in [9.17, 15) is 12.8 Å². The van der Waals surface area contributed by atoms with Crippen molar-refractivity contribution in [3.8, 4) is 0 Å². The van der Waals surface area contributed by atoms with E-state index in [-0.39, 0.29) is 16.3 Å². The van der Waals surface area contributed by atoms with E-state index in [2.05, 4.69) is 5.10 Å². The molecule has 0 aliphatic heterocycles. The summed E-state index contributed by atoms with van der Waals surface area (Å²) >= 11 is 0. The number of sulfone groups is 1. The normalized spacial score (nSPS) is 11.7. The molecule has 0 bridgehead atoms. The van der Waals surface area contributed by atoms with Crippen molar-refractivity contribution in [1.82, 2.24) is 9.78 Å². The second-order valence-electron chi connectivity index (χ2n) is 4.20. The lowest BCUT2D eigenvalue weighted by Gasteiger charge is -2.07. The molecule has 1 aromatic carbocycles. The van der Waals surface area contributed by atoms with Crippen LogP contribution in [0.3, 0.4) is 0 Å². The summed E-state index contributed by atoms with van der Waals surface area (Å²) in [4.78, 5) is -0.0314. The molecular weight excluding hydrogens is 269 g/mol. The van der Waals surface area contributed by atoms with Crippen molar-refractivity contribution in [2.75, 3.05) is 11.5 Å². The molecule has 0 aliphatic carbocycles. The molecule has 0 aliphatic rings. The van der Waals surface area contributed by atoms with Crippen molar-refractivity contribution in [1.29, 1.82) is 0 Å². The zero-order valence-electron chi connectivity index (χ0n) is 10.4. The highest BCUT2D eigenvalue weighted by molar-refractivity contribution is 7.91. The zero-order valence-corrected chi connectivity index (χ0v) is 11.2. The van der Waals surface area contributed by atoms with Crippen LogP contribution in [0.25, 0.3) is 0 Å². The fourth-order valence-electron chi connectivity index (χ4n) is 1.80. The van der Waals surface area contributed by atoms with Crippen molar-refractivity contribution in [2.45, 2.75) is 11.3 Å². The Morgan fingerprint density at radius 2 is 2.11 bits per heavy atom. The van der Waals surface area contributed by atoms with E-state index in [1.165, 1.54) is 6.07 Å². The average molecular weight is 283 g/mol. The molecule has 0 amide bonds. The van der Waals surface area contributed by atoms with Gasteiger partial charge in [-0.05, 0) is 24.3 Å². The first-order valence-corrected chi connectivity index (χ1v) is 7.30. The number of hydrogen-bond donors (Lipinski definition) is 1. The van der Waals surface area contributed by atoms with Gasteiger partial charge in [-0.3, -0.25) is 4.68 Å². The Kier molecular flexibility index (Phi) is 3.57. The average Bonchev–Trinajstić information content (AvgIpc) is 2.72. The van der Waals surface area contributed by atoms with Crippen LogP contribution in [0.4, 0.5) is 10.1 Å². The quantitative estimate of drug-likeness (QED) is 0.674. The number of nitrogens with two attached hydrogens (primary N) is 1. The lowest BCUT2D eigenvalue weighted by atomic mass is 10.3. The summed E-state index contributed by atoms with van der Waals surface area (Å²) in [5.74, 6) is -0.648. The third kappa shape index (κ3) is 2.93. The van der Waals surface area contributed by atoms with Crippen molar-refractivity contribution in [3.05, 3.63) is 42.0 Å². The number of aromatic nitrogens is 2. The molecule has 0 spiro atoms. The van der Waals surface area contributed by atoms with Crippen LogP contribution in [0.2, 0.25) is 0 Å². The summed E-state index contributed by atoms with van der Waals surface area (Å²) in [7, 11) is -1.79. The Bertz CT molecular complexity index is 695. The van der Waals surface area contributed by atoms with E-state index >= 15 is 0 Å². The van der Waals surface area contributed by atoms with E-state index < -0.39 is 15.7 Å². The van der Waals surface area contributed by atoms with Gasteiger partial charge in [0.2, 0.25) is 0 Å². The predicted molar refractivity (Wildman–Crippen MR) is 69.8 cm³/mol. The number of halogens is 1. The maximum absolute atomic E-state index is 12.9. The Morgan fingerprint density at radius 3 is 2.68 bits per heavy atom. The molecule has 2 rings (SSSR count). The summed E-state index contributed by atoms with van der Waals surface area (Å²) in [6.07, 6.45) is 1.93. The molecule has 0 unspecified atom stereocenters. The van der Waals surface area contributed by atoms with E-state index in [1.807, 2.05) is 0 Å². The number of benzene rings is 1. The Morgan fingerprint density at radius 1 is 1.37 bits per heavy atom.